The average Bonchev–Trinajstić information content (AvgIpc) is 3.28. The summed E-state index contributed by atoms with van der Waals surface area (Å²) in [7, 11) is 0. The van der Waals surface area contributed by atoms with Crippen LogP contribution in [0.15, 0.2) is 28.7 Å². The largest absolute Gasteiger partial charge is 0.348 e. The molecule has 1 aliphatic rings. The fourth-order valence-corrected chi connectivity index (χ4v) is 2.99. The molecular formula is C16H18BrN3O. The van der Waals surface area contributed by atoms with Gasteiger partial charge in [-0.25, -0.2) is 0 Å². The zero-order valence-electron chi connectivity index (χ0n) is 11.9. The maximum atomic E-state index is 12.6. The SMILES string of the molecule is Cc1cc(C(=O)NC(CN)C2CC2)c2cc(Br)ccc2n1. The van der Waals surface area contributed by atoms with E-state index in [1.807, 2.05) is 31.2 Å². The second-order valence-corrected chi connectivity index (χ2v) is 6.54. The maximum Gasteiger partial charge on any atom is 0.252 e. The van der Waals surface area contributed by atoms with Crippen molar-refractivity contribution in [3.05, 3.63) is 40.0 Å². The number of pyridine rings is 1. The zero-order chi connectivity index (χ0) is 15.0. The van der Waals surface area contributed by atoms with Crippen molar-refractivity contribution >= 4 is 32.7 Å². The summed E-state index contributed by atoms with van der Waals surface area (Å²) in [5, 5.41) is 3.94. The lowest BCUT2D eigenvalue weighted by Crippen LogP contribution is -2.41. The number of nitrogens with zero attached hydrogens (tertiary/aromatic N) is 1. The number of aryl methyl sites for hydroxylation is 1. The summed E-state index contributed by atoms with van der Waals surface area (Å²) in [6.07, 6.45) is 2.31. The van der Waals surface area contributed by atoms with Crippen molar-refractivity contribution in [2.75, 3.05) is 6.54 Å². The van der Waals surface area contributed by atoms with Gasteiger partial charge >= 0.3 is 0 Å². The molecule has 4 nitrogen and oxygen atoms in total. The minimum Gasteiger partial charge on any atom is -0.348 e. The number of carbonyl (C=O) groups excluding carboxylic acids is 1. The third kappa shape index (κ3) is 3.09. The monoisotopic (exact) mass is 347 g/mol. The van der Waals surface area contributed by atoms with Gasteiger partial charge in [-0.3, -0.25) is 9.78 Å². The summed E-state index contributed by atoms with van der Waals surface area (Å²) >= 11 is 3.45. The summed E-state index contributed by atoms with van der Waals surface area (Å²) in [5.41, 5.74) is 8.11. The van der Waals surface area contributed by atoms with Crippen LogP contribution in [0.2, 0.25) is 0 Å². The van der Waals surface area contributed by atoms with Crippen molar-refractivity contribution in [1.29, 1.82) is 0 Å². The Morgan fingerprint density at radius 2 is 2.24 bits per heavy atom. The van der Waals surface area contributed by atoms with Crippen LogP contribution in [-0.2, 0) is 0 Å². The van der Waals surface area contributed by atoms with E-state index in [1.165, 1.54) is 0 Å². The topological polar surface area (TPSA) is 68.0 Å². The molecule has 2 aromatic rings. The van der Waals surface area contributed by atoms with Crippen LogP contribution < -0.4 is 11.1 Å². The lowest BCUT2D eigenvalue weighted by molar-refractivity contribution is 0.0935. The van der Waals surface area contributed by atoms with E-state index >= 15 is 0 Å². The van der Waals surface area contributed by atoms with Crippen LogP contribution in [0.1, 0.15) is 28.9 Å². The number of amides is 1. The molecular weight excluding hydrogens is 330 g/mol. The van der Waals surface area contributed by atoms with E-state index in [0.29, 0.717) is 18.0 Å². The standard InChI is InChI=1S/C16H18BrN3O/c1-9-6-13(12-7-11(17)4-5-14(12)19-9)16(21)20-15(8-18)10-2-3-10/h4-7,10,15H,2-3,8,18H2,1H3,(H,20,21). The first-order valence-corrected chi connectivity index (χ1v) is 7.95. The number of hydrogen-bond acceptors (Lipinski definition) is 3. The number of carbonyl (C=O) groups is 1. The number of fused-ring (bicyclic) bond motifs is 1. The highest BCUT2D eigenvalue weighted by Gasteiger charge is 2.31. The van der Waals surface area contributed by atoms with Crippen molar-refractivity contribution < 1.29 is 4.79 Å². The number of benzene rings is 1. The molecule has 1 saturated carbocycles. The highest BCUT2D eigenvalue weighted by molar-refractivity contribution is 9.10. The molecule has 1 unspecified atom stereocenters. The first-order chi connectivity index (χ1) is 10.1. The van der Waals surface area contributed by atoms with Crippen molar-refractivity contribution in [2.24, 2.45) is 11.7 Å². The smallest absolute Gasteiger partial charge is 0.252 e. The van der Waals surface area contributed by atoms with E-state index in [2.05, 4.69) is 26.2 Å². The van der Waals surface area contributed by atoms with Crippen molar-refractivity contribution in [2.45, 2.75) is 25.8 Å². The van der Waals surface area contributed by atoms with Crippen LogP contribution in [-0.4, -0.2) is 23.5 Å². The van der Waals surface area contributed by atoms with E-state index in [1.54, 1.807) is 0 Å². The Balaban J connectivity index is 1.98. The summed E-state index contributed by atoms with van der Waals surface area (Å²) in [6, 6.07) is 7.71. The van der Waals surface area contributed by atoms with Crippen molar-refractivity contribution in [3.8, 4) is 0 Å². The number of rotatable bonds is 4. The molecule has 1 aromatic heterocycles. The number of nitrogens with two attached hydrogens (primary N) is 1. The van der Waals surface area contributed by atoms with Crippen LogP contribution in [0.3, 0.4) is 0 Å². The number of nitrogens with one attached hydrogen (secondary N) is 1. The molecule has 0 aliphatic heterocycles. The molecule has 0 saturated heterocycles. The molecule has 3 N–H and O–H groups in total. The van der Waals surface area contributed by atoms with Crippen molar-refractivity contribution in [1.82, 2.24) is 10.3 Å². The minimum atomic E-state index is -0.0639. The van der Waals surface area contributed by atoms with E-state index in [4.69, 9.17) is 5.73 Å². The van der Waals surface area contributed by atoms with E-state index in [-0.39, 0.29) is 11.9 Å². The quantitative estimate of drug-likeness (QED) is 0.893. The van der Waals surface area contributed by atoms with Gasteiger partial charge in [-0.2, -0.15) is 0 Å². The summed E-state index contributed by atoms with van der Waals surface area (Å²) in [4.78, 5) is 17.1. The number of halogens is 1. The van der Waals surface area contributed by atoms with E-state index < -0.39 is 0 Å². The summed E-state index contributed by atoms with van der Waals surface area (Å²) in [5.74, 6) is 0.478. The normalized spacial score (nSPS) is 16.0. The Bertz CT molecular complexity index is 697. The van der Waals surface area contributed by atoms with Gasteiger partial charge in [0.05, 0.1) is 11.1 Å². The van der Waals surface area contributed by atoms with Crippen LogP contribution in [0.4, 0.5) is 0 Å². The summed E-state index contributed by atoms with van der Waals surface area (Å²) in [6.45, 7) is 2.39. The number of hydrogen-bond donors (Lipinski definition) is 2. The molecule has 1 atom stereocenters. The third-order valence-electron chi connectivity index (χ3n) is 3.90. The Morgan fingerprint density at radius 3 is 2.90 bits per heavy atom. The van der Waals surface area contributed by atoms with E-state index in [0.717, 1.165) is 33.9 Å². The minimum absolute atomic E-state index is 0.0639. The second kappa shape index (κ2) is 5.73. The molecule has 1 fully saturated rings. The van der Waals surface area contributed by atoms with Gasteiger partial charge in [0.25, 0.3) is 5.91 Å². The highest BCUT2D eigenvalue weighted by Crippen LogP contribution is 2.32. The summed E-state index contributed by atoms with van der Waals surface area (Å²) < 4.78 is 0.937. The Morgan fingerprint density at radius 1 is 1.48 bits per heavy atom. The lowest BCUT2D eigenvalue weighted by Gasteiger charge is -2.17. The first kappa shape index (κ1) is 14.5. The fourth-order valence-electron chi connectivity index (χ4n) is 2.63. The van der Waals surface area contributed by atoms with Gasteiger partial charge in [-0.15, -0.1) is 0 Å². The van der Waals surface area contributed by atoms with Crippen LogP contribution >= 0.6 is 15.9 Å². The molecule has 3 rings (SSSR count). The third-order valence-corrected chi connectivity index (χ3v) is 4.40. The molecule has 110 valence electrons. The second-order valence-electron chi connectivity index (χ2n) is 5.63. The van der Waals surface area contributed by atoms with Gasteiger partial charge in [0.2, 0.25) is 0 Å². The molecule has 21 heavy (non-hydrogen) atoms. The predicted molar refractivity (Wildman–Crippen MR) is 87.2 cm³/mol. The van der Waals surface area contributed by atoms with Crippen LogP contribution in [0, 0.1) is 12.8 Å². The molecule has 1 amide bonds. The van der Waals surface area contributed by atoms with Gasteiger partial charge in [0, 0.05) is 28.1 Å². The first-order valence-electron chi connectivity index (χ1n) is 7.16. The molecule has 0 radical (unpaired) electrons. The number of aromatic nitrogens is 1. The molecule has 1 aromatic carbocycles. The molecule has 0 spiro atoms. The Labute approximate surface area is 132 Å². The van der Waals surface area contributed by atoms with Gasteiger partial charge in [0.1, 0.15) is 0 Å². The maximum absolute atomic E-state index is 12.6. The zero-order valence-corrected chi connectivity index (χ0v) is 13.5. The average molecular weight is 348 g/mol. The van der Waals surface area contributed by atoms with Gasteiger partial charge < -0.3 is 11.1 Å². The predicted octanol–water partition coefficient (Wildman–Crippen LogP) is 2.77. The van der Waals surface area contributed by atoms with Crippen LogP contribution in [0.5, 0.6) is 0 Å². The molecule has 1 aliphatic carbocycles. The molecule has 0 bridgehead atoms. The fraction of sp³-hybridized carbons (Fsp3) is 0.375. The Kier molecular flexibility index (Phi) is 3.95. The Hall–Kier alpha value is -1.46. The highest BCUT2D eigenvalue weighted by atomic mass is 79.9. The van der Waals surface area contributed by atoms with Gasteiger partial charge in [-0.1, -0.05) is 15.9 Å². The van der Waals surface area contributed by atoms with Crippen LogP contribution in [0.25, 0.3) is 10.9 Å². The lowest BCUT2D eigenvalue weighted by atomic mass is 10.1. The molecule has 1 heterocycles. The van der Waals surface area contributed by atoms with E-state index in [9.17, 15) is 4.79 Å². The van der Waals surface area contributed by atoms with Gasteiger partial charge in [-0.05, 0) is 49.9 Å². The van der Waals surface area contributed by atoms with Gasteiger partial charge in [0.15, 0.2) is 0 Å². The van der Waals surface area contributed by atoms with Crippen molar-refractivity contribution in [3.63, 3.8) is 0 Å². The molecule has 5 heteroatoms.